The molecular weight excluding hydrogens is 272 g/mol. The minimum Gasteiger partial charge on any atom is -0.353 e. The number of ketones is 1. The number of amides is 1. The maximum Gasteiger partial charge on any atom is 0.237 e. The Labute approximate surface area is 115 Å². The van der Waals surface area contributed by atoms with Crippen molar-refractivity contribution in [1.29, 1.82) is 0 Å². The van der Waals surface area contributed by atoms with E-state index in [4.69, 9.17) is 11.6 Å². The van der Waals surface area contributed by atoms with Crippen LogP contribution in [0.1, 0.15) is 23.5 Å². The van der Waals surface area contributed by atoms with Gasteiger partial charge >= 0.3 is 0 Å². The molecule has 2 atom stereocenters. The van der Waals surface area contributed by atoms with Crippen molar-refractivity contribution in [2.75, 3.05) is 13.1 Å². The van der Waals surface area contributed by atoms with Gasteiger partial charge in [-0.25, -0.2) is 0 Å². The molecule has 1 amide bonds. The van der Waals surface area contributed by atoms with Crippen molar-refractivity contribution >= 4 is 34.6 Å². The van der Waals surface area contributed by atoms with Gasteiger partial charge in [0, 0.05) is 13.1 Å². The number of carbonyl (C=O) groups is 2. The molecular formula is C12H15ClN2O2S. The molecule has 1 saturated heterocycles. The third-order valence-corrected chi connectivity index (χ3v) is 4.48. The Morgan fingerprint density at radius 3 is 2.94 bits per heavy atom. The van der Waals surface area contributed by atoms with Crippen molar-refractivity contribution in [1.82, 2.24) is 10.2 Å². The van der Waals surface area contributed by atoms with Crippen LogP contribution < -0.4 is 5.32 Å². The van der Waals surface area contributed by atoms with E-state index in [0.29, 0.717) is 22.3 Å². The Morgan fingerprint density at radius 1 is 1.61 bits per heavy atom. The SMILES string of the molecule is CC1C(=O)NCCN1C(C)C(=O)c1ccc(Cl)s1. The second-order valence-corrected chi connectivity index (χ2v) is 6.06. The molecule has 1 aromatic rings. The first-order valence-corrected chi connectivity index (χ1v) is 7.03. The molecule has 1 N–H and O–H groups in total. The molecule has 0 aromatic carbocycles. The van der Waals surface area contributed by atoms with Crippen molar-refractivity contribution in [2.45, 2.75) is 25.9 Å². The van der Waals surface area contributed by atoms with Gasteiger partial charge in [-0.05, 0) is 26.0 Å². The summed E-state index contributed by atoms with van der Waals surface area (Å²) in [6, 6.07) is 2.88. The maximum atomic E-state index is 12.3. The number of piperazine rings is 1. The molecule has 1 aromatic heterocycles. The summed E-state index contributed by atoms with van der Waals surface area (Å²) < 4.78 is 0.606. The Balaban J connectivity index is 2.13. The minimum atomic E-state index is -0.305. The van der Waals surface area contributed by atoms with Gasteiger partial charge in [0.2, 0.25) is 5.91 Å². The zero-order chi connectivity index (χ0) is 13.3. The monoisotopic (exact) mass is 286 g/mol. The van der Waals surface area contributed by atoms with E-state index in [0.717, 1.165) is 0 Å². The molecule has 2 heterocycles. The number of halogens is 1. The highest BCUT2D eigenvalue weighted by Gasteiger charge is 2.32. The Kier molecular flexibility index (Phi) is 4.04. The first-order valence-electron chi connectivity index (χ1n) is 5.83. The fraction of sp³-hybridized carbons (Fsp3) is 0.500. The summed E-state index contributed by atoms with van der Waals surface area (Å²) >= 11 is 7.11. The predicted octanol–water partition coefficient (Wildman–Crippen LogP) is 1.79. The molecule has 1 aliphatic heterocycles. The number of nitrogens with zero attached hydrogens (tertiary/aromatic N) is 1. The van der Waals surface area contributed by atoms with E-state index < -0.39 is 0 Å². The van der Waals surface area contributed by atoms with E-state index >= 15 is 0 Å². The second-order valence-electron chi connectivity index (χ2n) is 4.35. The summed E-state index contributed by atoms with van der Waals surface area (Å²) in [5.74, 6) is -0.00133. The average molecular weight is 287 g/mol. The maximum absolute atomic E-state index is 12.3. The van der Waals surface area contributed by atoms with Crippen LogP contribution in [-0.4, -0.2) is 41.8 Å². The first-order chi connectivity index (χ1) is 8.50. The largest absolute Gasteiger partial charge is 0.353 e. The summed E-state index contributed by atoms with van der Waals surface area (Å²) in [6.45, 7) is 4.94. The van der Waals surface area contributed by atoms with Crippen molar-refractivity contribution in [2.24, 2.45) is 0 Å². The van der Waals surface area contributed by atoms with Gasteiger partial charge in [0.05, 0.1) is 21.3 Å². The van der Waals surface area contributed by atoms with Crippen LogP contribution >= 0.6 is 22.9 Å². The van der Waals surface area contributed by atoms with Crippen LogP contribution in [0.15, 0.2) is 12.1 Å². The zero-order valence-electron chi connectivity index (χ0n) is 10.3. The van der Waals surface area contributed by atoms with E-state index in [9.17, 15) is 9.59 Å². The number of nitrogens with one attached hydrogen (secondary N) is 1. The van der Waals surface area contributed by atoms with Gasteiger partial charge in [-0.15, -0.1) is 11.3 Å². The van der Waals surface area contributed by atoms with E-state index in [1.807, 2.05) is 18.7 Å². The van der Waals surface area contributed by atoms with Gasteiger partial charge in [-0.1, -0.05) is 11.6 Å². The van der Waals surface area contributed by atoms with Gasteiger partial charge in [0.15, 0.2) is 5.78 Å². The third-order valence-electron chi connectivity index (χ3n) is 3.24. The average Bonchev–Trinajstić information content (AvgIpc) is 2.77. The smallest absolute Gasteiger partial charge is 0.237 e. The number of hydrogen-bond acceptors (Lipinski definition) is 4. The molecule has 1 fully saturated rings. The quantitative estimate of drug-likeness (QED) is 0.862. The lowest BCUT2D eigenvalue weighted by Crippen LogP contribution is -2.58. The minimum absolute atomic E-state index is 0.0217. The molecule has 0 bridgehead atoms. The lowest BCUT2D eigenvalue weighted by atomic mass is 10.1. The Hall–Kier alpha value is -0.910. The van der Waals surface area contributed by atoms with Crippen LogP contribution in [0, 0.1) is 0 Å². The molecule has 18 heavy (non-hydrogen) atoms. The van der Waals surface area contributed by atoms with Crippen molar-refractivity contribution < 1.29 is 9.59 Å². The van der Waals surface area contributed by atoms with Crippen LogP contribution in [0.5, 0.6) is 0 Å². The van der Waals surface area contributed by atoms with E-state index in [1.54, 1.807) is 12.1 Å². The summed E-state index contributed by atoms with van der Waals surface area (Å²) in [4.78, 5) is 26.4. The third kappa shape index (κ3) is 2.58. The highest BCUT2D eigenvalue weighted by atomic mass is 35.5. The summed E-state index contributed by atoms with van der Waals surface area (Å²) in [5, 5.41) is 2.79. The van der Waals surface area contributed by atoms with Gasteiger partial charge in [-0.3, -0.25) is 14.5 Å². The standard InChI is InChI=1S/C12H15ClN2O2S/c1-7(11(16)9-3-4-10(13)18-9)15-6-5-14-12(17)8(15)2/h3-4,7-8H,5-6H2,1-2H3,(H,14,17). The lowest BCUT2D eigenvalue weighted by Gasteiger charge is -2.36. The molecule has 2 rings (SSSR count). The van der Waals surface area contributed by atoms with Crippen molar-refractivity contribution in [3.8, 4) is 0 Å². The molecule has 2 unspecified atom stereocenters. The van der Waals surface area contributed by atoms with Crippen LogP contribution in [0.25, 0.3) is 0 Å². The lowest BCUT2D eigenvalue weighted by molar-refractivity contribution is -0.128. The van der Waals surface area contributed by atoms with Crippen LogP contribution in [-0.2, 0) is 4.79 Å². The Bertz CT molecular complexity index is 474. The van der Waals surface area contributed by atoms with Gasteiger partial charge in [0.1, 0.15) is 0 Å². The van der Waals surface area contributed by atoms with Gasteiger partial charge in [0.25, 0.3) is 0 Å². The molecule has 0 spiro atoms. The van der Waals surface area contributed by atoms with Crippen LogP contribution in [0.2, 0.25) is 4.34 Å². The highest BCUT2D eigenvalue weighted by molar-refractivity contribution is 7.18. The van der Waals surface area contributed by atoms with Gasteiger partial charge < -0.3 is 5.32 Å². The molecule has 98 valence electrons. The molecule has 1 aliphatic rings. The van der Waals surface area contributed by atoms with Crippen molar-refractivity contribution in [3.05, 3.63) is 21.3 Å². The van der Waals surface area contributed by atoms with E-state index in [-0.39, 0.29) is 23.8 Å². The molecule has 0 aliphatic carbocycles. The number of carbonyl (C=O) groups excluding carboxylic acids is 2. The fourth-order valence-electron chi connectivity index (χ4n) is 2.13. The molecule has 6 heteroatoms. The van der Waals surface area contributed by atoms with E-state index in [1.165, 1.54) is 11.3 Å². The topological polar surface area (TPSA) is 49.4 Å². The summed E-state index contributed by atoms with van der Waals surface area (Å²) in [7, 11) is 0. The summed E-state index contributed by atoms with van der Waals surface area (Å²) in [6.07, 6.45) is 0. The molecule has 0 saturated carbocycles. The second kappa shape index (κ2) is 5.38. The number of rotatable bonds is 3. The molecule has 0 radical (unpaired) electrons. The molecule has 4 nitrogen and oxygen atoms in total. The normalized spacial score (nSPS) is 22.6. The first kappa shape index (κ1) is 13.5. The van der Waals surface area contributed by atoms with Crippen molar-refractivity contribution in [3.63, 3.8) is 0 Å². The predicted molar refractivity (Wildman–Crippen MR) is 72.3 cm³/mol. The fourth-order valence-corrected chi connectivity index (χ4v) is 3.20. The van der Waals surface area contributed by atoms with Crippen LogP contribution in [0.3, 0.4) is 0 Å². The number of thiophene rings is 1. The Morgan fingerprint density at radius 2 is 2.33 bits per heavy atom. The summed E-state index contributed by atoms with van der Waals surface area (Å²) in [5.41, 5.74) is 0. The van der Waals surface area contributed by atoms with Gasteiger partial charge in [-0.2, -0.15) is 0 Å². The zero-order valence-corrected chi connectivity index (χ0v) is 11.8. The van der Waals surface area contributed by atoms with E-state index in [2.05, 4.69) is 5.32 Å². The van der Waals surface area contributed by atoms with Crippen LogP contribution in [0.4, 0.5) is 0 Å². The highest BCUT2D eigenvalue weighted by Crippen LogP contribution is 2.24. The number of Topliss-reactive ketones (excluding diaryl/α,β-unsaturated/α-hetero) is 1. The number of hydrogen-bond donors (Lipinski definition) is 1.